The first-order valence-electron chi connectivity index (χ1n) is 5.05. The Kier molecular flexibility index (Phi) is 6.87. The molecule has 0 spiro atoms. The van der Waals surface area contributed by atoms with Crippen LogP contribution in [0.2, 0.25) is 0 Å². The number of halogens is 3. The Morgan fingerprint density at radius 3 is 1.80 bits per heavy atom. The van der Waals surface area contributed by atoms with E-state index < -0.39 is 12.1 Å². The average Bonchev–Trinajstić information content (AvgIpc) is 2.17. The highest BCUT2D eigenvalue weighted by atomic mass is 19.4. The topological polar surface area (TPSA) is 72.3 Å². The number of aliphatic hydroxyl groups excluding tert-OH is 1. The van der Waals surface area contributed by atoms with Gasteiger partial charge in [-0.2, -0.15) is 13.2 Å². The minimum Gasteiger partial charge on any atom is -0.395 e. The van der Waals surface area contributed by atoms with Gasteiger partial charge in [0.15, 0.2) is 0 Å². The van der Waals surface area contributed by atoms with Crippen LogP contribution in [0.25, 0.3) is 0 Å². The van der Waals surface area contributed by atoms with E-state index in [-0.39, 0.29) is 25.5 Å². The van der Waals surface area contributed by atoms with E-state index in [1.54, 1.807) is 0 Å². The lowest BCUT2D eigenvalue weighted by Crippen LogP contribution is -2.33. The first-order chi connectivity index (χ1) is 6.91. The lowest BCUT2D eigenvalue weighted by molar-refractivity contribution is -0.182. The molecule has 1 fully saturated rings. The van der Waals surface area contributed by atoms with Gasteiger partial charge in [-0.25, -0.2) is 0 Å². The predicted octanol–water partition coefficient (Wildman–Crippen LogP) is 1.00. The molecule has 0 unspecified atom stereocenters. The normalized spacial score (nSPS) is 26.8. The molecule has 0 radical (unpaired) electrons. The van der Waals surface area contributed by atoms with Crippen molar-refractivity contribution in [2.24, 2.45) is 17.4 Å². The molecule has 1 saturated carbocycles. The van der Waals surface area contributed by atoms with Crippen LogP contribution in [0.15, 0.2) is 0 Å². The van der Waals surface area contributed by atoms with Crippen LogP contribution in [-0.2, 0) is 0 Å². The van der Waals surface area contributed by atoms with Gasteiger partial charge in [0.05, 0.1) is 12.5 Å². The summed E-state index contributed by atoms with van der Waals surface area (Å²) in [7, 11) is 0. The van der Waals surface area contributed by atoms with Crippen molar-refractivity contribution in [1.29, 1.82) is 0 Å². The van der Waals surface area contributed by atoms with Crippen molar-refractivity contribution in [3.63, 3.8) is 0 Å². The van der Waals surface area contributed by atoms with Crippen LogP contribution in [0.1, 0.15) is 25.7 Å². The molecule has 5 N–H and O–H groups in total. The van der Waals surface area contributed by atoms with Gasteiger partial charge >= 0.3 is 6.18 Å². The summed E-state index contributed by atoms with van der Waals surface area (Å²) in [6, 6.07) is -0.00593. The number of hydrogen-bond acceptors (Lipinski definition) is 3. The molecular formula is C9H19F3N2O. The van der Waals surface area contributed by atoms with Crippen molar-refractivity contribution < 1.29 is 18.3 Å². The standard InChI is InChI=1S/C7H12F3N.C2H7NO/c8-7(9,10)5-1-3-6(11)4-2-5;3-1-2-4/h5-6H,1-4,11H2;4H,1-3H2. The maximum Gasteiger partial charge on any atom is 0.391 e. The molecule has 1 rings (SSSR count). The summed E-state index contributed by atoms with van der Waals surface area (Å²) < 4.78 is 36.1. The van der Waals surface area contributed by atoms with E-state index in [0.717, 1.165) is 0 Å². The zero-order valence-corrected chi connectivity index (χ0v) is 8.63. The third kappa shape index (κ3) is 6.70. The monoisotopic (exact) mass is 228 g/mol. The number of aliphatic hydroxyl groups is 1. The maximum absolute atomic E-state index is 12.0. The van der Waals surface area contributed by atoms with Crippen LogP contribution < -0.4 is 11.5 Å². The average molecular weight is 228 g/mol. The van der Waals surface area contributed by atoms with Gasteiger partial charge in [-0.1, -0.05) is 0 Å². The summed E-state index contributed by atoms with van der Waals surface area (Å²) in [5.74, 6) is -1.10. The van der Waals surface area contributed by atoms with Gasteiger partial charge in [-0.15, -0.1) is 0 Å². The summed E-state index contributed by atoms with van der Waals surface area (Å²) in [5, 5.41) is 7.75. The summed E-state index contributed by atoms with van der Waals surface area (Å²) >= 11 is 0. The Morgan fingerprint density at radius 1 is 1.13 bits per heavy atom. The summed E-state index contributed by atoms with van der Waals surface area (Å²) in [6.45, 7) is 0.472. The zero-order valence-electron chi connectivity index (χ0n) is 8.63. The highest BCUT2D eigenvalue weighted by molar-refractivity contribution is 4.78. The molecule has 1 aliphatic carbocycles. The molecule has 15 heavy (non-hydrogen) atoms. The molecule has 0 heterocycles. The van der Waals surface area contributed by atoms with Crippen molar-refractivity contribution in [2.45, 2.75) is 37.9 Å². The van der Waals surface area contributed by atoms with Crippen LogP contribution in [0.4, 0.5) is 13.2 Å². The highest BCUT2D eigenvalue weighted by Crippen LogP contribution is 2.36. The fourth-order valence-corrected chi connectivity index (χ4v) is 1.45. The van der Waals surface area contributed by atoms with Gasteiger partial charge in [0.1, 0.15) is 0 Å². The number of nitrogens with two attached hydrogens (primary N) is 2. The lowest BCUT2D eigenvalue weighted by Gasteiger charge is -2.27. The van der Waals surface area contributed by atoms with Gasteiger partial charge in [0.2, 0.25) is 0 Å². The summed E-state index contributed by atoms with van der Waals surface area (Å²) in [5.41, 5.74) is 10.3. The number of hydrogen-bond donors (Lipinski definition) is 3. The second kappa shape index (κ2) is 7.03. The Labute approximate surface area is 87.6 Å². The number of alkyl halides is 3. The van der Waals surface area contributed by atoms with Gasteiger partial charge in [0, 0.05) is 12.6 Å². The SMILES string of the molecule is NC1CCC(C(F)(F)F)CC1.NCCO. The Morgan fingerprint density at radius 2 is 1.53 bits per heavy atom. The third-order valence-electron chi connectivity index (χ3n) is 2.36. The summed E-state index contributed by atoms with van der Waals surface area (Å²) in [6.07, 6.45) is -2.54. The van der Waals surface area contributed by atoms with Crippen LogP contribution >= 0.6 is 0 Å². The van der Waals surface area contributed by atoms with E-state index in [1.807, 2.05) is 0 Å². The molecular weight excluding hydrogens is 209 g/mol. The van der Waals surface area contributed by atoms with Crippen LogP contribution in [0.3, 0.4) is 0 Å². The minimum atomic E-state index is -4.00. The zero-order chi connectivity index (χ0) is 11.9. The molecule has 0 aliphatic heterocycles. The predicted molar refractivity (Wildman–Crippen MR) is 52.1 cm³/mol. The molecule has 6 heteroatoms. The van der Waals surface area contributed by atoms with E-state index in [0.29, 0.717) is 19.4 Å². The first-order valence-corrected chi connectivity index (χ1v) is 5.05. The highest BCUT2D eigenvalue weighted by Gasteiger charge is 2.40. The van der Waals surface area contributed by atoms with Crippen molar-refractivity contribution in [3.8, 4) is 0 Å². The Bertz CT molecular complexity index is 154. The molecule has 92 valence electrons. The fourth-order valence-electron chi connectivity index (χ4n) is 1.45. The Hall–Kier alpha value is -0.330. The fraction of sp³-hybridized carbons (Fsp3) is 1.00. The van der Waals surface area contributed by atoms with Crippen molar-refractivity contribution in [2.75, 3.05) is 13.2 Å². The smallest absolute Gasteiger partial charge is 0.391 e. The third-order valence-corrected chi connectivity index (χ3v) is 2.36. The van der Waals surface area contributed by atoms with E-state index in [4.69, 9.17) is 16.6 Å². The molecule has 3 nitrogen and oxygen atoms in total. The molecule has 0 atom stereocenters. The van der Waals surface area contributed by atoms with E-state index >= 15 is 0 Å². The molecule has 0 aromatic carbocycles. The Balaban J connectivity index is 0.000000423. The second-order valence-electron chi connectivity index (χ2n) is 3.67. The van der Waals surface area contributed by atoms with Crippen molar-refractivity contribution in [3.05, 3.63) is 0 Å². The van der Waals surface area contributed by atoms with Gasteiger partial charge < -0.3 is 16.6 Å². The molecule has 0 amide bonds. The van der Waals surface area contributed by atoms with Crippen molar-refractivity contribution >= 4 is 0 Å². The van der Waals surface area contributed by atoms with E-state index in [9.17, 15) is 13.2 Å². The van der Waals surface area contributed by atoms with Crippen molar-refractivity contribution in [1.82, 2.24) is 0 Å². The lowest BCUT2D eigenvalue weighted by atomic mass is 9.86. The summed E-state index contributed by atoms with van der Waals surface area (Å²) in [4.78, 5) is 0. The van der Waals surface area contributed by atoms with Gasteiger partial charge in [0.25, 0.3) is 0 Å². The molecule has 0 bridgehead atoms. The number of rotatable bonds is 1. The van der Waals surface area contributed by atoms with Crippen LogP contribution in [-0.4, -0.2) is 30.5 Å². The van der Waals surface area contributed by atoms with Gasteiger partial charge in [-0.05, 0) is 25.7 Å². The van der Waals surface area contributed by atoms with Gasteiger partial charge in [-0.3, -0.25) is 0 Å². The molecule has 0 aromatic heterocycles. The first kappa shape index (κ1) is 14.7. The quantitative estimate of drug-likeness (QED) is 0.627. The molecule has 1 aliphatic rings. The minimum absolute atomic E-state index is 0.00593. The largest absolute Gasteiger partial charge is 0.395 e. The molecule has 0 aromatic rings. The maximum atomic E-state index is 12.0. The second-order valence-corrected chi connectivity index (χ2v) is 3.67. The molecule has 0 saturated heterocycles. The van der Waals surface area contributed by atoms with Crippen LogP contribution in [0.5, 0.6) is 0 Å². The van der Waals surface area contributed by atoms with Crippen LogP contribution in [0, 0.1) is 5.92 Å². The van der Waals surface area contributed by atoms with E-state index in [1.165, 1.54) is 0 Å². The van der Waals surface area contributed by atoms with E-state index in [2.05, 4.69) is 0 Å².